The Labute approximate surface area is 87.3 Å². The number of aryl methyl sites for hydroxylation is 1. The maximum atomic E-state index is 10.9. The van der Waals surface area contributed by atoms with E-state index in [2.05, 4.69) is 5.10 Å². The van der Waals surface area contributed by atoms with Crippen molar-refractivity contribution < 1.29 is 9.90 Å². The maximum absolute atomic E-state index is 10.9. The normalized spacial score (nSPS) is 12.7. The zero-order valence-corrected chi connectivity index (χ0v) is 9.12. The fraction of sp³-hybridized carbons (Fsp3) is 0.556. The molecule has 1 N–H and O–H groups in total. The van der Waals surface area contributed by atoms with Crippen molar-refractivity contribution in [1.29, 1.82) is 0 Å². The number of carboxylic acids is 1. The topological polar surface area (TPSA) is 55.1 Å². The molecule has 0 spiro atoms. The molecule has 1 unspecified atom stereocenters. The standard InChI is InChI=1S/C9H14N2O2S/c1-3-4-8(9(12)13)14-7-5-10-11(2)6-7/h5-6,8H,3-4H2,1-2H3,(H,12,13). The van der Waals surface area contributed by atoms with Gasteiger partial charge in [0.25, 0.3) is 0 Å². The second-order valence-electron chi connectivity index (χ2n) is 3.08. The van der Waals surface area contributed by atoms with Crippen molar-refractivity contribution in [2.45, 2.75) is 29.9 Å². The predicted octanol–water partition coefficient (Wildman–Crippen LogP) is 1.77. The number of nitrogens with zero attached hydrogens (tertiary/aromatic N) is 2. The van der Waals surface area contributed by atoms with Gasteiger partial charge in [-0.05, 0) is 6.42 Å². The van der Waals surface area contributed by atoms with E-state index in [1.54, 1.807) is 10.9 Å². The molecule has 1 atom stereocenters. The summed E-state index contributed by atoms with van der Waals surface area (Å²) in [5.74, 6) is -0.749. The van der Waals surface area contributed by atoms with Crippen molar-refractivity contribution in [3.05, 3.63) is 12.4 Å². The highest BCUT2D eigenvalue weighted by Crippen LogP contribution is 2.25. The van der Waals surface area contributed by atoms with E-state index < -0.39 is 5.97 Å². The molecule has 0 amide bonds. The molecule has 78 valence electrons. The number of hydrogen-bond donors (Lipinski definition) is 1. The van der Waals surface area contributed by atoms with E-state index in [1.165, 1.54) is 11.8 Å². The third kappa shape index (κ3) is 3.06. The first kappa shape index (κ1) is 11.1. The molecule has 5 heteroatoms. The zero-order valence-electron chi connectivity index (χ0n) is 8.30. The molecule has 0 radical (unpaired) electrons. The fourth-order valence-corrected chi connectivity index (χ4v) is 2.22. The summed E-state index contributed by atoms with van der Waals surface area (Å²) in [5.41, 5.74) is 0. The van der Waals surface area contributed by atoms with Crippen LogP contribution >= 0.6 is 11.8 Å². The Kier molecular flexibility index (Phi) is 4.00. The van der Waals surface area contributed by atoms with Gasteiger partial charge in [-0.3, -0.25) is 9.48 Å². The molecular formula is C9H14N2O2S. The first-order valence-electron chi connectivity index (χ1n) is 4.51. The van der Waals surface area contributed by atoms with Gasteiger partial charge in [0.2, 0.25) is 0 Å². The molecule has 0 saturated heterocycles. The van der Waals surface area contributed by atoms with Crippen LogP contribution in [0.3, 0.4) is 0 Å². The summed E-state index contributed by atoms with van der Waals surface area (Å²) in [4.78, 5) is 11.8. The summed E-state index contributed by atoms with van der Waals surface area (Å²) in [6.07, 6.45) is 5.09. The van der Waals surface area contributed by atoms with Crippen LogP contribution in [0.4, 0.5) is 0 Å². The van der Waals surface area contributed by atoms with Gasteiger partial charge in [-0.15, -0.1) is 11.8 Å². The van der Waals surface area contributed by atoms with Crippen LogP contribution in [-0.2, 0) is 11.8 Å². The van der Waals surface area contributed by atoms with E-state index in [0.717, 1.165) is 11.3 Å². The van der Waals surface area contributed by atoms with Crippen molar-refractivity contribution in [1.82, 2.24) is 9.78 Å². The predicted molar refractivity (Wildman–Crippen MR) is 55.4 cm³/mol. The lowest BCUT2D eigenvalue weighted by Crippen LogP contribution is -2.15. The Morgan fingerprint density at radius 1 is 1.79 bits per heavy atom. The Hall–Kier alpha value is -0.970. The summed E-state index contributed by atoms with van der Waals surface area (Å²) in [6, 6.07) is 0. The van der Waals surface area contributed by atoms with E-state index in [9.17, 15) is 4.79 Å². The van der Waals surface area contributed by atoms with Crippen LogP contribution in [0.1, 0.15) is 19.8 Å². The summed E-state index contributed by atoms with van der Waals surface area (Å²) >= 11 is 1.36. The first-order valence-corrected chi connectivity index (χ1v) is 5.39. The minimum atomic E-state index is -0.749. The Bertz CT molecular complexity index is 312. The van der Waals surface area contributed by atoms with Gasteiger partial charge in [0.1, 0.15) is 5.25 Å². The number of rotatable bonds is 5. The lowest BCUT2D eigenvalue weighted by atomic mass is 10.2. The highest BCUT2D eigenvalue weighted by molar-refractivity contribution is 8.00. The lowest BCUT2D eigenvalue weighted by molar-refractivity contribution is -0.136. The largest absolute Gasteiger partial charge is 0.480 e. The molecule has 0 bridgehead atoms. The van der Waals surface area contributed by atoms with E-state index in [-0.39, 0.29) is 5.25 Å². The molecule has 0 aliphatic heterocycles. The van der Waals surface area contributed by atoms with Crippen LogP contribution in [0.25, 0.3) is 0 Å². The second kappa shape index (κ2) is 5.05. The minimum absolute atomic E-state index is 0.357. The monoisotopic (exact) mass is 214 g/mol. The number of aliphatic carboxylic acids is 1. The van der Waals surface area contributed by atoms with Crippen molar-refractivity contribution in [3.8, 4) is 0 Å². The smallest absolute Gasteiger partial charge is 0.316 e. The molecule has 1 heterocycles. The van der Waals surface area contributed by atoms with Crippen LogP contribution in [-0.4, -0.2) is 26.1 Å². The highest BCUT2D eigenvalue weighted by Gasteiger charge is 2.18. The van der Waals surface area contributed by atoms with Gasteiger partial charge in [0.15, 0.2) is 0 Å². The number of hydrogen-bond acceptors (Lipinski definition) is 3. The lowest BCUT2D eigenvalue weighted by Gasteiger charge is -2.08. The van der Waals surface area contributed by atoms with Crippen molar-refractivity contribution in [2.75, 3.05) is 0 Å². The number of carbonyl (C=O) groups is 1. The molecule has 14 heavy (non-hydrogen) atoms. The molecule has 0 aromatic carbocycles. The average molecular weight is 214 g/mol. The summed E-state index contributed by atoms with van der Waals surface area (Å²) < 4.78 is 1.67. The van der Waals surface area contributed by atoms with Gasteiger partial charge in [-0.2, -0.15) is 5.10 Å². The number of carboxylic acid groups (broad SMARTS) is 1. The van der Waals surface area contributed by atoms with Gasteiger partial charge in [-0.1, -0.05) is 13.3 Å². The molecule has 1 aromatic rings. The number of thioether (sulfide) groups is 1. The van der Waals surface area contributed by atoms with E-state index in [0.29, 0.717) is 6.42 Å². The van der Waals surface area contributed by atoms with E-state index in [4.69, 9.17) is 5.11 Å². The Balaban J connectivity index is 2.59. The molecular weight excluding hydrogens is 200 g/mol. The average Bonchev–Trinajstić information content (AvgIpc) is 2.50. The van der Waals surface area contributed by atoms with Gasteiger partial charge < -0.3 is 5.11 Å². The second-order valence-corrected chi connectivity index (χ2v) is 4.36. The van der Waals surface area contributed by atoms with Crippen LogP contribution < -0.4 is 0 Å². The summed E-state index contributed by atoms with van der Waals surface area (Å²) in [6.45, 7) is 1.99. The molecule has 0 aliphatic rings. The quantitative estimate of drug-likeness (QED) is 0.759. The number of aromatic nitrogens is 2. The molecule has 1 rings (SSSR count). The van der Waals surface area contributed by atoms with Crippen molar-refractivity contribution in [2.24, 2.45) is 7.05 Å². The van der Waals surface area contributed by atoms with Crippen molar-refractivity contribution >= 4 is 17.7 Å². The molecule has 4 nitrogen and oxygen atoms in total. The van der Waals surface area contributed by atoms with Crippen LogP contribution in [0.5, 0.6) is 0 Å². The van der Waals surface area contributed by atoms with Crippen LogP contribution in [0, 0.1) is 0 Å². The van der Waals surface area contributed by atoms with Gasteiger partial charge in [-0.25, -0.2) is 0 Å². The SMILES string of the molecule is CCCC(Sc1cnn(C)c1)C(=O)O. The zero-order chi connectivity index (χ0) is 10.6. The third-order valence-electron chi connectivity index (χ3n) is 1.79. The summed E-state index contributed by atoms with van der Waals surface area (Å²) in [5, 5.41) is 12.6. The molecule has 0 aliphatic carbocycles. The Morgan fingerprint density at radius 2 is 2.50 bits per heavy atom. The van der Waals surface area contributed by atoms with Gasteiger partial charge in [0.05, 0.1) is 6.20 Å². The minimum Gasteiger partial charge on any atom is -0.480 e. The highest BCUT2D eigenvalue weighted by atomic mass is 32.2. The van der Waals surface area contributed by atoms with Crippen molar-refractivity contribution in [3.63, 3.8) is 0 Å². The fourth-order valence-electron chi connectivity index (χ4n) is 1.12. The van der Waals surface area contributed by atoms with Crippen LogP contribution in [0.2, 0.25) is 0 Å². The van der Waals surface area contributed by atoms with E-state index >= 15 is 0 Å². The van der Waals surface area contributed by atoms with Gasteiger partial charge in [0, 0.05) is 18.1 Å². The van der Waals surface area contributed by atoms with Crippen LogP contribution in [0.15, 0.2) is 17.3 Å². The molecule has 1 aromatic heterocycles. The van der Waals surface area contributed by atoms with E-state index in [1.807, 2.05) is 20.2 Å². The summed E-state index contributed by atoms with van der Waals surface area (Å²) in [7, 11) is 1.82. The maximum Gasteiger partial charge on any atom is 0.316 e. The first-order chi connectivity index (χ1) is 6.63. The Morgan fingerprint density at radius 3 is 2.93 bits per heavy atom. The third-order valence-corrected chi connectivity index (χ3v) is 2.99. The molecule has 0 fully saturated rings. The van der Waals surface area contributed by atoms with Gasteiger partial charge >= 0.3 is 5.97 Å². The molecule has 0 saturated carbocycles.